The monoisotopic (exact) mass is 401 g/mol. The van der Waals surface area contributed by atoms with E-state index in [2.05, 4.69) is 5.32 Å². The summed E-state index contributed by atoms with van der Waals surface area (Å²) in [6, 6.07) is 12.9. The van der Waals surface area contributed by atoms with E-state index in [9.17, 15) is 24.5 Å². The first-order valence-electron chi connectivity index (χ1n) is 8.50. The fraction of sp³-hybridized carbons (Fsp3) is 0.211. The second-order valence-electron chi connectivity index (χ2n) is 5.96. The molecule has 0 aliphatic rings. The first-order chi connectivity index (χ1) is 13.8. The number of nitro benzene ring substituents is 1. The molecule has 2 amide bonds. The van der Waals surface area contributed by atoms with Gasteiger partial charge in [0.05, 0.1) is 11.3 Å². The minimum absolute atomic E-state index is 0.0200. The van der Waals surface area contributed by atoms with Crippen molar-refractivity contribution in [1.29, 1.82) is 0 Å². The van der Waals surface area contributed by atoms with E-state index in [1.165, 1.54) is 24.3 Å². The van der Waals surface area contributed by atoms with Crippen molar-refractivity contribution >= 4 is 23.7 Å². The van der Waals surface area contributed by atoms with Gasteiger partial charge in [-0.3, -0.25) is 14.9 Å². The van der Waals surface area contributed by atoms with Crippen LogP contribution in [0.1, 0.15) is 17.5 Å². The highest BCUT2D eigenvalue weighted by Gasteiger charge is 2.25. The van der Waals surface area contributed by atoms with Gasteiger partial charge in [-0.2, -0.15) is 0 Å². The molecule has 0 bridgehead atoms. The molecule has 0 aliphatic heterocycles. The Morgan fingerprint density at radius 1 is 0.966 bits per heavy atom. The Morgan fingerprint density at radius 2 is 1.55 bits per heavy atom. The van der Waals surface area contributed by atoms with Gasteiger partial charge in [-0.25, -0.2) is 9.59 Å². The van der Waals surface area contributed by atoms with Crippen molar-refractivity contribution in [1.82, 2.24) is 5.32 Å². The topological polar surface area (TPSA) is 151 Å². The maximum absolute atomic E-state index is 12.2. The molecule has 0 aromatic heterocycles. The molecule has 2 aromatic carbocycles. The largest absolute Gasteiger partial charge is 0.459 e. The lowest BCUT2D eigenvalue weighted by Gasteiger charge is -2.16. The lowest BCUT2D eigenvalue weighted by molar-refractivity contribution is -0.384. The van der Waals surface area contributed by atoms with Crippen LogP contribution in [0.4, 0.5) is 10.5 Å². The number of non-ortho nitro benzene ring substituents is 1. The van der Waals surface area contributed by atoms with E-state index in [-0.39, 0.29) is 18.9 Å². The average molecular weight is 401 g/mol. The van der Waals surface area contributed by atoms with E-state index in [1.54, 1.807) is 24.3 Å². The summed E-state index contributed by atoms with van der Waals surface area (Å²) in [6.45, 7) is -0.222. The van der Waals surface area contributed by atoms with Crippen LogP contribution >= 0.6 is 0 Å². The molecule has 0 saturated carbocycles. The Kier molecular flexibility index (Phi) is 7.66. The van der Waals surface area contributed by atoms with Gasteiger partial charge in [-0.05, 0) is 23.3 Å². The number of rotatable bonds is 9. The smallest absolute Gasteiger partial charge is 0.408 e. The van der Waals surface area contributed by atoms with Crippen LogP contribution in [0.25, 0.3) is 0 Å². The highest BCUT2D eigenvalue weighted by molar-refractivity contribution is 5.87. The van der Waals surface area contributed by atoms with Crippen molar-refractivity contribution < 1.29 is 28.8 Å². The van der Waals surface area contributed by atoms with Crippen LogP contribution < -0.4 is 11.1 Å². The highest BCUT2D eigenvalue weighted by Crippen LogP contribution is 2.13. The quantitative estimate of drug-likeness (QED) is 0.369. The van der Waals surface area contributed by atoms with Gasteiger partial charge in [0.2, 0.25) is 5.91 Å². The lowest BCUT2D eigenvalue weighted by atomic mass is 10.2. The average Bonchev–Trinajstić information content (AvgIpc) is 2.70. The minimum Gasteiger partial charge on any atom is -0.459 e. The third-order valence-electron chi connectivity index (χ3n) is 3.72. The van der Waals surface area contributed by atoms with Gasteiger partial charge in [-0.1, -0.05) is 30.3 Å². The number of benzene rings is 2. The normalized spacial score (nSPS) is 11.2. The number of carbonyl (C=O) groups is 3. The summed E-state index contributed by atoms with van der Waals surface area (Å²) in [4.78, 5) is 45.5. The summed E-state index contributed by atoms with van der Waals surface area (Å²) in [7, 11) is 0. The molecule has 0 saturated heterocycles. The van der Waals surface area contributed by atoms with Crippen LogP contribution in [0.2, 0.25) is 0 Å². The number of alkyl carbamates (subject to hydrolysis) is 1. The number of nitrogens with two attached hydrogens (primary N) is 1. The third kappa shape index (κ3) is 7.29. The SMILES string of the molecule is NC(=O)C[C@@H](NC(=O)OCc1ccccc1)C(=O)OCc1ccc([N+](=O)[O-])cc1. The van der Waals surface area contributed by atoms with E-state index in [0.717, 1.165) is 5.56 Å². The van der Waals surface area contributed by atoms with Crippen LogP contribution in [0.15, 0.2) is 54.6 Å². The number of nitro groups is 1. The van der Waals surface area contributed by atoms with E-state index >= 15 is 0 Å². The summed E-state index contributed by atoms with van der Waals surface area (Å²) >= 11 is 0. The summed E-state index contributed by atoms with van der Waals surface area (Å²) in [6.07, 6.45) is -1.38. The molecule has 0 fully saturated rings. The summed E-state index contributed by atoms with van der Waals surface area (Å²) in [5, 5.41) is 12.9. The molecule has 10 nitrogen and oxygen atoms in total. The van der Waals surface area contributed by atoms with E-state index in [0.29, 0.717) is 5.56 Å². The summed E-state index contributed by atoms with van der Waals surface area (Å²) < 4.78 is 10.1. The Hall–Kier alpha value is -3.95. The second kappa shape index (κ2) is 10.4. The first-order valence-corrected chi connectivity index (χ1v) is 8.50. The molecule has 0 aliphatic carbocycles. The maximum Gasteiger partial charge on any atom is 0.408 e. The van der Waals surface area contributed by atoms with Gasteiger partial charge < -0.3 is 20.5 Å². The van der Waals surface area contributed by atoms with Crippen molar-refractivity contribution in [3.8, 4) is 0 Å². The van der Waals surface area contributed by atoms with Crippen LogP contribution in [-0.4, -0.2) is 28.9 Å². The minimum atomic E-state index is -1.33. The number of nitrogens with one attached hydrogen (secondary N) is 1. The van der Waals surface area contributed by atoms with Gasteiger partial charge >= 0.3 is 12.1 Å². The van der Waals surface area contributed by atoms with Crippen molar-refractivity contribution in [2.24, 2.45) is 5.73 Å². The lowest BCUT2D eigenvalue weighted by Crippen LogP contribution is -2.44. The zero-order chi connectivity index (χ0) is 21.2. The van der Waals surface area contributed by atoms with Crippen LogP contribution in [0.5, 0.6) is 0 Å². The molecule has 0 spiro atoms. The first kappa shape index (κ1) is 21.4. The molecular weight excluding hydrogens is 382 g/mol. The molecule has 2 rings (SSSR count). The number of amides is 2. The van der Waals surface area contributed by atoms with Crippen LogP contribution in [0, 0.1) is 10.1 Å². The van der Waals surface area contributed by atoms with E-state index < -0.39 is 35.4 Å². The van der Waals surface area contributed by atoms with Crippen molar-refractivity contribution in [3.63, 3.8) is 0 Å². The van der Waals surface area contributed by atoms with Gasteiger partial charge in [0.1, 0.15) is 19.3 Å². The maximum atomic E-state index is 12.2. The molecule has 0 unspecified atom stereocenters. The Balaban J connectivity index is 1.90. The molecule has 0 radical (unpaired) electrons. The number of esters is 1. The van der Waals surface area contributed by atoms with Crippen molar-refractivity contribution in [2.75, 3.05) is 0 Å². The van der Waals surface area contributed by atoms with Gasteiger partial charge in [0, 0.05) is 12.1 Å². The zero-order valence-electron chi connectivity index (χ0n) is 15.3. The number of nitrogens with zero attached hydrogens (tertiary/aromatic N) is 1. The number of hydrogen-bond donors (Lipinski definition) is 2. The molecule has 2 aromatic rings. The van der Waals surface area contributed by atoms with E-state index in [4.69, 9.17) is 15.2 Å². The Morgan fingerprint density at radius 3 is 2.14 bits per heavy atom. The standard InChI is InChI=1S/C19H19N3O7/c20-17(23)10-16(21-19(25)29-12-13-4-2-1-3-5-13)18(24)28-11-14-6-8-15(9-7-14)22(26)27/h1-9,16H,10-12H2,(H2,20,23)(H,21,25)/t16-/m1/s1. The van der Waals surface area contributed by atoms with Gasteiger partial charge in [-0.15, -0.1) is 0 Å². The number of hydrogen-bond acceptors (Lipinski definition) is 7. The van der Waals surface area contributed by atoms with Crippen molar-refractivity contribution in [3.05, 3.63) is 75.8 Å². The van der Waals surface area contributed by atoms with Crippen molar-refractivity contribution in [2.45, 2.75) is 25.7 Å². The summed E-state index contributed by atoms with van der Waals surface area (Å²) in [5.41, 5.74) is 6.26. The van der Waals surface area contributed by atoms with Gasteiger partial charge in [0.25, 0.3) is 5.69 Å². The second-order valence-corrected chi connectivity index (χ2v) is 5.96. The number of primary amides is 1. The third-order valence-corrected chi connectivity index (χ3v) is 3.72. The summed E-state index contributed by atoms with van der Waals surface area (Å²) in [5.74, 6) is -1.70. The molecular formula is C19H19N3O7. The molecule has 0 heterocycles. The highest BCUT2D eigenvalue weighted by atomic mass is 16.6. The number of ether oxygens (including phenoxy) is 2. The number of carbonyl (C=O) groups excluding carboxylic acids is 3. The molecule has 152 valence electrons. The van der Waals surface area contributed by atoms with Crippen LogP contribution in [0.3, 0.4) is 0 Å². The predicted molar refractivity (Wildman–Crippen MR) is 100 cm³/mol. The van der Waals surface area contributed by atoms with E-state index in [1.807, 2.05) is 6.07 Å². The fourth-order valence-corrected chi connectivity index (χ4v) is 2.27. The predicted octanol–water partition coefficient (Wildman–Crippen LogP) is 1.81. The molecule has 1 atom stereocenters. The molecule has 3 N–H and O–H groups in total. The fourth-order valence-electron chi connectivity index (χ4n) is 2.27. The van der Waals surface area contributed by atoms with Gasteiger partial charge in [0.15, 0.2) is 0 Å². The molecule has 10 heteroatoms. The zero-order valence-corrected chi connectivity index (χ0v) is 15.3. The molecule has 29 heavy (non-hydrogen) atoms. The Labute approximate surface area is 165 Å². The van der Waals surface area contributed by atoms with Crippen LogP contribution in [-0.2, 0) is 32.3 Å². The Bertz CT molecular complexity index is 869.